The second-order valence-corrected chi connectivity index (χ2v) is 9.67. The van der Waals surface area contributed by atoms with E-state index in [0.29, 0.717) is 22.2 Å². The lowest BCUT2D eigenvalue weighted by molar-refractivity contribution is -0.385. The predicted molar refractivity (Wildman–Crippen MR) is 146 cm³/mol. The largest absolute Gasteiger partial charge is 0.479 e. The van der Waals surface area contributed by atoms with Crippen LogP contribution in [0.2, 0.25) is 0 Å². The zero-order valence-electron chi connectivity index (χ0n) is 19.0. The molecule has 2 heterocycles. The van der Waals surface area contributed by atoms with E-state index < -0.39 is 28.7 Å². The van der Waals surface area contributed by atoms with Crippen LogP contribution in [0.4, 0.5) is 5.69 Å². The van der Waals surface area contributed by atoms with Crippen LogP contribution in [0.1, 0.15) is 5.56 Å². The SMILES string of the molecule is O=C(O)COc1c(Br)cc(C=Nn2c(-c3cc4cc(Br)ccc4o3)nc3ccccc3c2=O)cc1[N+](=O)[O-]. The van der Waals surface area contributed by atoms with Crippen molar-refractivity contribution >= 4 is 71.6 Å². The van der Waals surface area contributed by atoms with Crippen LogP contribution in [-0.2, 0) is 4.79 Å². The summed E-state index contributed by atoms with van der Waals surface area (Å²) in [7, 11) is 0. The number of aliphatic carboxylic acids is 1. The molecule has 5 rings (SSSR count). The average molecular weight is 642 g/mol. The Morgan fingerprint density at radius 1 is 1.18 bits per heavy atom. The monoisotopic (exact) mass is 640 g/mol. The molecule has 0 unspecified atom stereocenters. The molecule has 0 spiro atoms. The molecule has 0 atom stereocenters. The number of carbonyl (C=O) groups is 1. The quantitative estimate of drug-likeness (QED) is 0.137. The molecule has 0 bridgehead atoms. The highest BCUT2D eigenvalue weighted by molar-refractivity contribution is 9.10. The molecular weight excluding hydrogens is 628 g/mol. The number of rotatable bonds is 7. The van der Waals surface area contributed by atoms with Gasteiger partial charge in [0.15, 0.2) is 12.4 Å². The second kappa shape index (κ2) is 10.2. The van der Waals surface area contributed by atoms with Crippen molar-refractivity contribution in [3.8, 4) is 17.3 Å². The van der Waals surface area contributed by atoms with E-state index >= 15 is 0 Å². The highest BCUT2D eigenvalue weighted by Gasteiger charge is 2.21. The van der Waals surface area contributed by atoms with Gasteiger partial charge in [-0.2, -0.15) is 9.78 Å². The summed E-state index contributed by atoms with van der Waals surface area (Å²) in [6, 6.07) is 16.6. The third kappa shape index (κ3) is 4.93. The first-order chi connectivity index (χ1) is 18.2. The van der Waals surface area contributed by atoms with Gasteiger partial charge in [0.05, 0.1) is 26.5 Å². The van der Waals surface area contributed by atoms with Crippen LogP contribution >= 0.6 is 31.9 Å². The number of hydrogen-bond acceptors (Lipinski definition) is 8. The van der Waals surface area contributed by atoms with Gasteiger partial charge in [-0.3, -0.25) is 14.9 Å². The Morgan fingerprint density at radius 3 is 2.74 bits per heavy atom. The van der Waals surface area contributed by atoms with Crippen LogP contribution < -0.4 is 10.3 Å². The molecule has 13 heteroatoms. The first-order valence-corrected chi connectivity index (χ1v) is 12.4. The van der Waals surface area contributed by atoms with Crippen LogP contribution in [0.25, 0.3) is 33.5 Å². The van der Waals surface area contributed by atoms with Crippen LogP contribution in [0, 0.1) is 10.1 Å². The first-order valence-electron chi connectivity index (χ1n) is 10.8. The number of furan rings is 1. The topological polar surface area (TPSA) is 150 Å². The number of halogens is 2. The Balaban J connectivity index is 1.65. The number of benzene rings is 3. The van der Waals surface area contributed by atoms with Crippen molar-refractivity contribution in [3.05, 3.63) is 95.6 Å². The van der Waals surface area contributed by atoms with Gasteiger partial charge in [0.25, 0.3) is 5.56 Å². The lowest BCUT2D eigenvalue weighted by Crippen LogP contribution is -2.20. The Bertz CT molecular complexity index is 1850. The standard InChI is InChI=1S/C25H14Br2N4O7/c26-15-5-6-20-14(9-15)10-21(38-20)24-29-18-4-2-1-3-16(18)25(34)30(24)28-11-13-7-17(27)23(37-12-22(32)33)19(8-13)31(35)36/h1-11H,12H2,(H,32,33). The summed E-state index contributed by atoms with van der Waals surface area (Å²) in [5.74, 6) is -1.10. The fourth-order valence-corrected chi connectivity index (χ4v) is 4.69. The van der Waals surface area contributed by atoms with E-state index in [1.807, 2.05) is 12.1 Å². The van der Waals surface area contributed by atoms with Crippen LogP contribution in [0.3, 0.4) is 0 Å². The van der Waals surface area contributed by atoms with Gasteiger partial charge in [-0.25, -0.2) is 9.78 Å². The third-order valence-electron chi connectivity index (χ3n) is 5.36. The number of nitro groups is 1. The van der Waals surface area contributed by atoms with Crippen molar-refractivity contribution in [2.24, 2.45) is 5.10 Å². The second-order valence-electron chi connectivity index (χ2n) is 7.90. The molecule has 2 aromatic heterocycles. The van der Waals surface area contributed by atoms with Crippen LogP contribution in [0.5, 0.6) is 5.75 Å². The Kier molecular flexibility index (Phi) is 6.78. The summed E-state index contributed by atoms with van der Waals surface area (Å²) in [6.07, 6.45) is 1.25. The number of hydrogen-bond donors (Lipinski definition) is 1. The average Bonchev–Trinajstić information content (AvgIpc) is 3.30. The molecule has 0 aliphatic rings. The Hall–Kier alpha value is -4.36. The minimum atomic E-state index is -1.29. The van der Waals surface area contributed by atoms with Gasteiger partial charge >= 0.3 is 11.7 Å². The summed E-state index contributed by atoms with van der Waals surface area (Å²) in [5.41, 5.74) is 0.315. The maximum atomic E-state index is 13.4. The Morgan fingerprint density at radius 2 is 1.97 bits per heavy atom. The highest BCUT2D eigenvalue weighted by atomic mass is 79.9. The molecule has 0 aliphatic carbocycles. The zero-order valence-corrected chi connectivity index (χ0v) is 22.2. The van der Waals surface area contributed by atoms with Gasteiger partial charge in [-0.05, 0) is 58.4 Å². The molecule has 38 heavy (non-hydrogen) atoms. The molecule has 190 valence electrons. The maximum Gasteiger partial charge on any atom is 0.341 e. The lowest BCUT2D eigenvalue weighted by Gasteiger charge is -2.09. The first kappa shape index (κ1) is 25.3. The molecular formula is C25H14Br2N4O7. The summed E-state index contributed by atoms with van der Waals surface area (Å²) in [4.78, 5) is 39.8. The van der Waals surface area contributed by atoms with Crippen molar-refractivity contribution in [3.63, 3.8) is 0 Å². The van der Waals surface area contributed by atoms with Gasteiger partial charge in [-0.1, -0.05) is 28.1 Å². The van der Waals surface area contributed by atoms with Gasteiger partial charge in [0.1, 0.15) is 5.58 Å². The number of nitro benzene ring substituents is 1. The summed E-state index contributed by atoms with van der Waals surface area (Å²) in [5, 5.41) is 25.9. The number of aromatic nitrogens is 2. The van der Waals surface area contributed by atoms with Gasteiger partial charge in [-0.15, -0.1) is 0 Å². The van der Waals surface area contributed by atoms with Crippen molar-refractivity contribution in [2.45, 2.75) is 0 Å². The van der Waals surface area contributed by atoms with Gasteiger partial charge in [0, 0.05) is 21.5 Å². The maximum absolute atomic E-state index is 13.4. The number of para-hydroxylation sites is 1. The minimum absolute atomic E-state index is 0.132. The summed E-state index contributed by atoms with van der Waals surface area (Å²) < 4.78 is 13.1. The number of nitrogens with zero attached hydrogens (tertiary/aromatic N) is 4. The number of ether oxygens (including phenoxy) is 1. The van der Waals surface area contributed by atoms with E-state index in [2.05, 4.69) is 41.9 Å². The minimum Gasteiger partial charge on any atom is -0.479 e. The fraction of sp³-hybridized carbons (Fsp3) is 0.0400. The van der Waals surface area contributed by atoms with Crippen molar-refractivity contribution in [2.75, 3.05) is 6.61 Å². The predicted octanol–water partition coefficient (Wildman–Crippen LogP) is 5.59. The van der Waals surface area contributed by atoms with E-state index in [1.165, 1.54) is 12.3 Å². The lowest BCUT2D eigenvalue weighted by atomic mass is 10.2. The molecule has 11 nitrogen and oxygen atoms in total. The van der Waals surface area contributed by atoms with E-state index in [-0.39, 0.29) is 21.6 Å². The number of fused-ring (bicyclic) bond motifs is 2. The molecule has 0 aliphatic heterocycles. The molecule has 5 aromatic rings. The Labute approximate surface area is 229 Å². The number of carboxylic acid groups (broad SMARTS) is 1. The number of carboxylic acids is 1. The molecule has 0 fully saturated rings. The normalized spacial score (nSPS) is 11.4. The summed E-state index contributed by atoms with van der Waals surface area (Å²) in [6.45, 7) is -0.761. The summed E-state index contributed by atoms with van der Waals surface area (Å²) >= 11 is 6.61. The van der Waals surface area contributed by atoms with E-state index in [1.54, 1.807) is 36.4 Å². The molecule has 1 N–H and O–H groups in total. The zero-order chi connectivity index (χ0) is 27.0. The van der Waals surface area contributed by atoms with Crippen LogP contribution in [0.15, 0.2) is 83.9 Å². The van der Waals surface area contributed by atoms with Crippen LogP contribution in [-0.4, -0.2) is 38.5 Å². The van der Waals surface area contributed by atoms with Crippen molar-refractivity contribution in [1.82, 2.24) is 9.66 Å². The van der Waals surface area contributed by atoms with E-state index in [0.717, 1.165) is 20.6 Å². The molecule has 0 amide bonds. The third-order valence-corrected chi connectivity index (χ3v) is 6.44. The van der Waals surface area contributed by atoms with Crippen molar-refractivity contribution < 1.29 is 24.0 Å². The van der Waals surface area contributed by atoms with Gasteiger partial charge < -0.3 is 14.3 Å². The van der Waals surface area contributed by atoms with Gasteiger partial charge in [0.2, 0.25) is 11.6 Å². The smallest absolute Gasteiger partial charge is 0.341 e. The molecule has 3 aromatic carbocycles. The highest BCUT2D eigenvalue weighted by Crippen LogP contribution is 2.36. The molecule has 0 radical (unpaired) electrons. The van der Waals surface area contributed by atoms with E-state index in [4.69, 9.17) is 14.3 Å². The molecule has 0 saturated heterocycles. The molecule has 0 saturated carbocycles. The van der Waals surface area contributed by atoms with Crippen molar-refractivity contribution in [1.29, 1.82) is 0 Å². The fourth-order valence-electron chi connectivity index (χ4n) is 3.73. The van der Waals surface area contributed by atoms with E-state index in [9.17, 15) is 19.7 Å².